The second-order valence-electron chi connectivity index (χ2n) is 7.11. The number of ether oxygens (including phenoxy) is 1. The summed E-state index contributed by atoms with van der Waals surface area (Å²) in [7, 11) is 1.46. The zero-order valence-corrected chi connectivity index (χ0v) is 19.3. The third-order valence-corrected chi connectivity index (χ3v) is 20.9. The van der Waals surface area contributed by atoms with Crippen molar-refractivity contribution < 1.29 is 9.53 Å². The second kappa shape index (κ2) is 11.2. The van der Waals surface area contributed by atoms with E-state index in [0.29, 0.717) is 0 Å². The van der Waals surface area contributed by atoms with Crippen molar-refractivity contribution in [3.05, 3.63) is 29.3 Å². The Balaban J connectivity index is 3.23. The predicted molar refractivity (Wildman–Crippen MR) is 107 cm³/mol. The predicted octanol–water partition coefficient (Wildman–Crippen LogP) is 5.84. The number of esters is 1. The van der Waals surface area contributed by atoms with E-state index in [-0.39, 0.29) is 5.97 Å². The van der Waals surface area contributed by atoms with Gasteiger partial charge in [0.25, 0.3) is 0 Å². The van der Waals surface area contributed by atoms with Crippen LogP contribution < -0.4 is 3.58 Å². The summed E-state index contributed by atoms with van der Waals surface area (Å²) in [4.78, 5) is 11.9. The van der Waals surface area contributed by atoms with Crippen LogP contribution in [0.5, 0.6) is 0 Å². The van der Waals surface area contributed by atoms with E-state index >= 15 is 0 Å². The topological polar surface area (TPSA) is 26.3 Å². The van der Waals surface area contributed by atoms with E-state index in [4.69, 9.17) is 4.74 Å². The van der Waals surface area contributed by atoms with Gasteiger partial charge in [-0.05, 0) is 0 Å². The molecule has 0 saturated heterocycles. The average Bonchev–Trinajstić information content (AvgIpc) is 2.60. The monoisotopic (exact) mass is 440 g/mol. The van der Waals surface area contributed by atoms with Gasteiger partial charge in [-0.3, -0.25) is 0 Å². The first kappa shape index (κ1) is 21.5. The van der Waals surface area contributed by atoms with Gasteiger partial charge in [0, 0.05) is 0 Å². The Labute approximate surface area is 153 Å². The number of carbonyl (C=O) groups excluding carboxylic acids is 1. The first-order chi connectivity index (χ1) is 11.5. The van der Waals surface area contributed by atoms with Gasteiger partial charge < -0.3 is 0 Å². The molecule has 0 amide bonds. The molecule has 0 saturated carbocycles. The molecule has 0 aliphatic heterocycles. The number of benzene rings is 1. The first-order valence-corrected chi connectivity index (χ1v) is 17.2. The third-order valence-electron chi connectivity index (χ3n) is 5.27. The molecule has 0 fully saturated rings. The molecule has 0 radical (unpaired) electrons. The van der Waals surface area contributed by atoms with Gasteiger partial charge in [-0.2, -0.15) is 0 Å². The number of rotatable bonds is 11. The molecule has 3 heteroatoms. The zero-order valence-electron chi connectivity index (χ0n) is 16.4. The quantitative estimate of drug-likeness (QED) is 0.320. The van der Waals surface area contributed by atoms with Gasteiger partial charge in [-0.1, -0.05) is 0 Å². The minimum absolute atomic E-state index is 0.212. The molecule has 0 atom stereocenters. The van der Waals surface area contributed by atoms with Crippen molar-refractivity contribution in [3.8, 4) is 0 Å². The van der Waals surface area contributed by atoms with E-state index in [1.807, 2.05) is 6.07 Å². The van der Waals surface area contributed by atoms with E-state index in [1.165, 1.54) is 58.9 Å². The minimum atomic E-state index is -2.38. The van der Waals surface area contributed by atoms with E-state index < -0.39 is 18.4 Å². The molecular weight excluding hydrogens is 403 g/mol. The Hall–Kier alpha value is -0.511. The number of aryl methyl sites for hydroxylation is 1. The molecule has 136 valence electrons. The summed E-state index contributed by atoms with van der Waals surface area (Å²) in [5, 5.41) is 0. The molecule has 0 bridgehead atoms. The summed E-state index contributed by atoms with van der Waals surface area (Å²) in [6.07, 6.45) is 7.95. The van der Waals surface area contributed by atoms with Crippen molar-refractivity contribution in [1.82, 2.24) is 0 Å². The van der Waals surface area contributed by atoms with Crippen molar-refractivity contribution in [2.75, 3.05) is 7.11 Å². The van der Waals surface area contributed by atoms with Crippen LogP contribution in [0.3, 0.4) is 0 Å². The van der Waals surface area contributed by atoms with Crippen LogP contribution >= 0.6 is 0 Å². The van der Waals surface area contributed by atoms with Gasteiger partial charge in [-0.25, -0.2) is 0 Å². The number of unbranched alkanes of at least 4 members (excludes halogenated alkanes) is 3. The summed E-state index contributed by atoms with van der Waals surface area (Å²) in [6.45, 7) is 8.98. The van der Waals surface area contributed by atoms with Gasteiger partial charge >= 0.3 is 153 Å². The molecule has 0 N–H and O–H groups in total. The summed E-state index contributed by atoms with van der Waals surface area (Å²) >= 11 is -2.38. The third kappa shape index (κ3) is 5.78. The maximum atomic E-state index is 11.9. The van der Waals surface area contributed by atoms with Crippen molar-refractivity contribution in [2.24, 2.45) is 0 Å². The first-order valence-electron chi connectivity index (χ1n) is 9.74. The van der Waals surface area contributed by atoms with Crippen LogP contribution in [0.1, 0.15) is 75.2 Å². The number of methoxy groups -OCH3 is 1. The molecule has 1 aromatic rings. The summed E-state index contributed by atoms with van der Waals surface area (Å²) in [5.74, 6) is -0.212. The molecular formula is C21H36O2Sn. The molecule has 0 aliphatic carbocycles. The number of hydrogen-bond donors (Lipinski definition) is 0. The van der Waals surface area contributed by atoms with Crippen LogP contribution in [0.4, 0.5) is 0 Å². The van der Waals surface area contributed by atoms with Crippen LogP contribution in [0.15, 0.2) is 18.2 Å². The zero-order chi connectivity index (χ0) is 18.0. The van der Waals surface area contributed by atoms with Gasteiger partial charge in [0.05, 0.1) is 0 Å². The number of hydrogen-bond acceptors (Lipinski definition) is 2. The molecule has 0 aromatic heterocycles. The SMILES string of the molecule is CCC[CH2][Sn]([CH2]CCC)([CH2]CCC)[c]1ccc(C(=O)OC)c(C)c1. The molecule has 1 aromatic carbocycles. The summed E-state index contributed by atoms with van der Waals surface area (Å²) < 4.78 is 10.9. The molecule has 24 heavy (non-hydrogen) atoms. The van der Waals surface area contributed by atoms with Gasteiger partial charge in [0.2, 0.25) is 0 Å². The van der Waals surface area contributed by atoms with Crippen molar-refractivity contribution in [3.63, 3.8) is 0 Å². The standard InChI is InChI=1S/C9H9O2.3C4H9.Sn/c1-7-5-3-4-6-8(7)9(10)11-2;3*1-3-4-2;/h4-6H,1-2H3;3*1,3-4H2,2H3;. The fraction of sp³-hybridized carbons (Fsp3) is 0.667. The molecule has 2 nitrogen and oxygen atoms in total. The molecule has 0 heterocycles. The average molecular weight is 439 g/mol. The van der Waals surface area contributed by atoms with Gasteiger partial charge in [-0.15, -0.1) is 0 Å². The van der Waals surface area contributed by atoms with Crippen molar-refractivity contribution >= 4 is 27.9 Å². The Kier molecular flexibility index (Phi) is 10.0. The van der Waals surface area contributed by atoms with Crippen molar-refractivity contribution in [1.29, 1.82) is 0 Å². The fourth-order valence-electron chi connectivity index (χ4n) is 3.69. The molecule has 0 aliphatic rings. The normalized spacial score (nSPS) is 11.5. The molecule has 0 spiro atoms. The maximum absolute atomic E-state index is 11.9. The van der Waals surface area contributed by atoms with Crippen LogP contribution in [-0.2, 0) is 4.74 Å². The summed E-state index contributed by atoms with van der Waals surface area (Å²) in [5.41, 5.74) is 1.81. The summed E-state index contributed by atoms with van der Waals surface area (Å²) in [6, 6.07) is 6.63. The number of carbonyl (C=O) groups is 1. The van der Waals surface area contributed by atoms with Crippen molar-refractivity contribution in [2.45, 2.75) is 79.5 Å². The van der Waals surface area contributed by atoms with E-state index in [1.54, 1.807) is 3.58 Å². The second-order valence-corrected chi connectivity index (χ2v) is 20.3. The molecule has 1 rings (SSSR count). The van der Waals surface area contributed by atoms with Crippen LogP contribution in [0.2, 0.25) is 13.3 Å². The van der Waals surface area contributed by atoms with E-state index in [2.05, 4.69) is 39.8 Å². The Bertz CT molecular complexity index is 489. The fourth-order valence-corrected chi connectivity index (χ4v) is 19.9. The van der Waals surface area contributed by atoms with E-state index in [0.717, 1.165) is 11.1 Å². The van der Waals surface area contributed by atoms with Crippen LogP contribution in [-0.4, -0.2) is 31.5 Å². The van der Waals surface area contributed by atoms with E-state index in [9.17, 15) is 4.79 Å². The van der Waals surface area contributed by atoms with Crippen LogP contribution in [0, 0.1) is 6.92 Å². The van der Waals surface area contributed by atoms with Gasteiger partial charge in [0.1, 0.15) is 0 Å². The molecule has 0 unspecified atom stereocenters. The Morgan fingerprint density at radius 3 is 1.83 bits per heavy atom. The van der Waals surface area contributed by atoms with Gasteiger partial charge in [0.15, 0.2) is 0 Å². The Morgan fingerprint density at radius 2 is 1.46 bits per heavy atom. The van der Waals surface area contributed by atoms with Crippen LogP contribution in [0.25, 0.3) is 0 Å². The Morgan fingerprint density at radius 1 is 0.958 bits per heavy atom.